The minimum Gasteiger partial charge on any atom is -0.335 e. The summed E-state index contributed by atoms with van der Waals surface area (Å²) in [6, 6.07) is 21.1. The van der Waals surface area contributed by atoms with Gasteiger partial charge >= 0.3 is 0 Å². The molecule has 3 aromatic rings. The first-order valence-corrected chi connectivity index (χ1v) is 9.71. The molecule has 0 radical (unpaired) electrons. The first-order valence-electron chi connectivity index (χ1n) is 9.71. The third kappa shape index (κ3) is 3.14. The van der Waals surface area contributed by atoms with Crippen molar-refractivity contribution in [2.24, 2.45) is 0 Å². The van der Waals surface area contributed by atoms with Crippen molar-refractivity contribution in [1.82, 2.24) is 9.47 Å². The molecule has 0 spiro atoms. The van der Waals surface area contributed by atoms with E-state index >= 15 is 0 Å². The van der Waals surface area contributed by atoms with Crippen LogP contribution >= 0.6 is 0 Å². The van der Waals surface area contributed by atoms with Gasteiger partial charge in [0.2, 0.25) is 0 Å². The van der Waals surface area contributed by atoms with Crippen molar-refractivity contribution >= 4 is 16.8 Å². The van der Waals surface area contributed by atoms with Gasteiger partial charge in [-0.05, 0) is 37.5 Å². The summed E-state index contributed by atoms with van der Waals surface area (Å²) in [6.45, 7) is 3.59. The van der Waals surface area contributed by atoms with Gasteiger partial charge in [0, 0.05) is 30.0 Å². The van der Waals surface area contributed by atoms with Crippen molar-refractivity contribution in [2.45, 2.75) is 45.2 Å². The zero-order chi connectivity index (χ0) is 17.9. The molecule has 0 N–H and O–H groups in total. The van der Waals surface area contributed by atoms with Crippen molar-refractivity contribution in [2.75, 3.05) is 6.54 Å². The number of benzene rings is 2. The summed E-state index contributed by atoms with van der Waals surface area (Å²) in [5.41, 5.74) is 3.15. The minimum atomic E-state index is 0.173. The predicted octanol–water partition coefficient (Wildman–Crippen LogP) is 5.09. The molecule has 0 atom stereocenters. The van der Waals surface area contributed by atoms with E-state index in [2.05, 4.69) is 58.9 Å². The average Bonchev–Trinajstić information content (AvgIpc) is 3.32. The third-order valence-corrected chi connectivity index (χ3v) is 5.58. The summed E-state index contributed by atoms with van der Waals surface area (Å²) in [4.78, 5) is 15.5. The third-order valence-electron chi connectivity index (χ3n) is 5.58. The van der Waals surface area contributed by atoms with Gasteiger partial charge < -0.3 is 9.47 Å². The average molecular weight is 346 g/mol. The topological polar surface area (TPSA) is 25.2 Å². The molecule has 2 aromatic carbocycles. The van der Waals surface area contributed by atoms with Crippen LogP contribution in [0.4, 0.5) is 0 Å². The van der Waals surface area contributed by atoms with E-state index in [1.54, 1.807) is 0 Å². The molecule has 3 nitrogen and oxygen atoms in total. The van der Waals surface area contributed by atoms with Crippen LogP contribution in [0, 0.1) is 0 Å². The molecule has 4 rings (SSSR count). The molecule has 0 aliphatic heterocycles. The summed E-state index contributed by atoms with van der Waals surface area (Å²) in [6.07, 6.45) is 4.75. The number of para-hydroxylation sites is 1. The van der Waals surface area contributed by atoms with E-state index in [-0.39, 0.29) is 5.91 Å². The number of hydrogen-bond acceptors (Lipinski definition) is 1. The van der Waals surface area contributed by atoms with Crippen LogP contribution in [0.25, 0.3) is 10.9 Å². The quantitative estimate of drug-likeness (QED) is 0.631. The van der Waals surface area contributed by atoms with Crippen molar-refractivity contribution in [3.63, 3.8) is 0 Å². The summed E-state index contributed by atoms with van der Waals surface area (Å²) < 4.78 is 2.19. The largest absolute Gasteiger partial charge is 0.335 e. The normalized spacial score (nSPS) is 14.8. The number of rotatable bonds is 5. The highest BCUT2D eigenvalue weighted by Gasteiger charge is 2.28. The van der Waals surface area contributed by atoms with Gasteiger partial charge in [0.05, 0.1) is 0 Å². The molecule has 3 heteroatoms. The molecule has 1 saturated carbocycles. The Bertz CT molecular complexity index is 891. The smallest absolute Gasteiger partial charge is 0.270 e. The van der Waals surface area contributed by atoms with Gasteiger partial charge in [0.25, 0.3) is 5.91 Å². The molecule has 1 aliphatic carbocycles. The number of fused-ring (bicyclic) bond motifs is 1. The first-order chi connectivity index (χ1) is 12.8. The summed E-state index contributed by atoms with van der Waals surface area (Å²) in [5.74, 6) is 0.173. The number of carbonyl (C=O) groups is 1. The number of nitrogens with zero attached hydrogens (tertiary/aromatic N) is 2. The maximum absolute atomic E-state index is 13.4. The van der Waals surface area contributed by atoms with Crippen molar-refractivity contribution < 1.29 is 4.79 Å². The van der Waals surface area contributed by atoms with Gasteiger partial charge in [-0.3, -0.25) is 4.79 Å². The monoisotopic (exact) mass is 346 g/mol. The molecular formula is C23H26N2O. The van der Waals surface area contributed by atoms with Crippen LogP contribution < -0.4 is 0 Å². The Morgan fingerprint density at radius 3 is 2.46 bits per heavy atom. The van der Waals surface area contributed by atoms with Crippen LogP contribution in [0.15, 0.2) is 60.7 Å². The van der Waals surface area contributed by atoms with Crippen molar-refractivity contribution in [3.8, 4) is 0 Å². The molecule has 0 bridgehead atoms. The van der Waals surface area contributed by atoms with Crippen molar-refractivity contribution in [1.29, 1.82) is 0 Å². The van der Waals surface area contributed by atoms with E-state index in [1.165, 1.54) is 18.4 Å². The van der Waals surface area contributed by atoms with E-state index in [9.17, 15) is 4.79 Å². The Labute approximate surface area is 155 Å². The summed E-state index contributed by atoms with van der Waals surface area (Å²) in [7, 11) is 0. The minimum absolute atomic E-state index is 0.173. The second-order valence-electron chi connectivity index (χ2n) is 7.19. The lowest BCUT2D eigenvalue weighted by molar-refractivity contribution is 0.0683. The van der Waals surface area contributed by atoms with Crippen LogP contribution in [-0.4, -0.2) is 28.0 Å². The fraction of sp³-hybridized carbons (Fsp3) is 0.348. The van der Waals surface area contributed by atoms with Gasteiger partial charge in [-0.25, -0.2) is 0 Å². The van der Waals surface area contributed by atoms with E-state index in [1.807, 2.05) is 18.2 Å². The predicted molar refractivity (Wildman–Crippen MR) is 106 cm³/mol. The van der Waals surface area contributed by atoms with Crippen LogP contribution in [-0.2, 0) is 6.54 Å². The maximum Gasteiger partial charge on any atom is 0.270 e. The van der Waals surface area contributed by atoms with E-state index in [0.29, 0.717) is 6.04 Å². The molecule has 26 heavy (non-hydrogen) atoms. The molecular weight excluding hydrogens is 320 g/mol. The summed E-state index contributed by atoms with van der Waals surface area (Å²) >= 11 is 0. The lowest BCUT2D eigenvalue weighted by Gasteiger charge is -2.28. The van der Waals surface area contributed by atoms with E-state index in [0.717, 1.165) is 42.5 Å². The van der Waals surface area contributed by atoms with Crippen LogP contribution in [0.5, 0.6) is 0 Å². The second-order valence-corrected chi connectivity index (χ2v) is 7.19. The lowest BCUT2D eigenvalue weighted by Crippen LogP contribution is -2.39. The molecule has 1 aromatic heterocycles. The van der Waals surface area contributed by atoms with Gasteiger partial charge in [-0.1, -0.05) is 61.4 Å². The maximum atomic E-state index is 13.4. The lowest BCUT2D eigenvalue weighted by atomic mass is 10.2. The summed E-state index contributed by atoms with van der Waals surface area (Å²) in [5, 5.41) is 1.13. The van der Waals surface area contributed by atoms with Crippen LogP contribution in [0.3, 0.4) is 0 Å². The first kappa shape index (κ1) is 16.9. The second kappa shape index (κ2) is 7.36. The Morgan fingerprint density at radius 2 is 1.73 bits per heavy atom. The Balaban J connectivity index is 1.75. The van der Waals surface area contributed by atoms with Gasteiger partial charge in [-0.15, -0.1) is 0 Å². The van der Waals surface area contributed by atoms with Crippen LogP contribution in [0.2, 0.25) is 0 Å². The number of carbonyl (C=O) groups excluding carboxylic acids is 1. The van der Waals surface area contributed by atoms with E-state index < -0.39 is 0 Å². The number of hydrogen-bond donors (Lipinski definition) is 0. The molecule has 1 heterocycles. The number of aromatic nitrogens is 1. The molecule has 1 fully saturated rings. The standard InChI is InChI=1S/C23H26N2O/c1-2-24(20-13-7-8-14-20)23(26)22-16-19-12-6-9-15-21(19)25(22)17-18-10-4-3-5-11-18/h3-6,9-12,15-16,20H,2,7-8,13-14,17H2,1H3. The highest BCUT2D eigenvalue weighted by Crippen LogP contribution is 2.27. The van der Waals surface area contributed by atoms with Gasteiger partial charge in [-0.2, -0.15) is 0 Å². The SMILES string of the molecule is CCN(C(=O)c1cc2ccccc2n1Cc1ccccc1)C1CCCC1. The van der Waals surface area contributed by atoms with Crippen LogP contribution in [0.1, 0.15) is 48.7 Å². The molecule has 134 valence electrons. The van der Waals surface area contributed by atoms with E-state index in [4.69, 9.17) is 0 Å². The Morgan fingerprint density at radius 1 is 1.04 bits per heavy atom. The Kier molecular flexibility index (Phi) is 4.79. The fourth-order valence-corrected chi connectivity index (χ4v) is 4.25. The van der Waals surface area contributed by atoms with Gasteiger partial charge in [0.1, 0.15) is 5.69 Å². The fourth-order valence-electron chi connectivity index (χ4n) is 4.25. The molecule has 1 aliphatic rings. The molecule has 0 saturated heterocycles. The highest BCUT2D eigenvalue weighted by molar-refractivity contribution is 5.99. The molecule has 1 amide bonds. The number of amides is 1. The molecule has 0 unspecified atom stereocenters. The zero-order valence-electron chi connectivity index (χ0n) is 15.4. The Hall–Kier alpha value is -2.55. The van der Waals surface area contributed by atoms with Crippen molar-refractivity contribution in [3.05, 3.63) is 71.9 Å². The highest BCUT2D eigenvalue weighted by atomic mass is 16.2. The zero-order valence-corrected chi connectivity index (χ0v) is 15.4. The van der Waals surface area contributed by atoms with Gasteiger partial charge in [0.15, 0.2) is 0 Å².